The summed E-state index contributed by atoms with van der Waals surface area (Å²) in [4.78, 5) is 34.6. The van der Waals surface area contributed by atoms with E-state index in [0.29, 0.717) is 0 Å². The zero-order chi connectivity index (χ0) is 17.0. The van der Waals surface area contributed by atoms with E-state index in [9.17, 15) is 24.8 Å². The summed E-state index contributed by atoms with van der Waals surface area (Å²) in [6.07, 6.45) is 0.291. The number of phenolic OH excluding ortho intramolecular Hbond substituents is 1. The lowest BCUT2D eigenvalue weighted by molar-refractivity contribution is -0.384. The quantitative estimate of drug-likeness (QED) is 0.470. The molecule has 0 aliphatic rings. The molecule has 0 atom stereocenters. The Hall–Kier alpha value is -2.24. The molecular weight excluding hydrogens is 286 g/mol. The Labute approximate surface area is 129 Å². The number of non-ortho nitro benzene ring substituents is 1. The Morgan fingerprint density at radius 2 is 1.41 bits per heavy atom. The van der Waals surface area contributed by atoms with Gasteiger partial charge in [0.05, 0.1) is 16.1 Å². The standard InChI is InChI=1S/C16H21NO5/c1-9(2)5-14(18)12-7-11(17(21)22)8-13(16(12)20)15(19)6-10(3)4/h7-10,20H,5-6H2,1-4H3. The smallest absolute Gasteiger partial charge is 0.271 e. The molecule has 0 saturated carbocycles. The van der Waals surface area contributed by atoms with E-state index < -0.39 is 22.2 Å². The lowest BCUT2D eigenvalue weighted by Gasteiger charge is -2.11. The average Bonchev–Trinajstić information content (AvgIpc) is 2.36. The fourth-order valence-electron chi connectivity index (χ4n) is 2.11. The molecule has 0 radical (unpaired) electrons. The van der Waals surface area contributed by atoms with Gasteiger partial charge < -0.3 is 5.11 Å². The molecule has 1 aromatic rings. The second-order valence-electron chi connectivity index (χ2n) is 6.19. The fourth-order valence-corrected chi connectivity index (χ4v) is 2.11. The van der Waals surface area contributed by atoms with Gasteiger partial charge in [-0.3, -0.25) is 19.7 Å². The second kappa shape index (κ2) is 7.15. The summed E-state index contributed by atoms with van der Waals surface area (Å²) in [6.45, 7) is 7.32. The van der Waals surface area contributed by atoms with Crippen LogP contribution in [0.15, 0.2) is 12.1 Å². The first-order valence-corrected chi connectivity index (χ1v) is 7.21. The predicted octanol–water partition coefficient (Wildman–Crippen LogP) is 3.76. The molecule has 0 aliphatic heterocycles. The minimum absolute atomic E-state index is 0.0426. The highest BCUT2D eigenvalue weighted by molar-refractivity contribution is 6.06. The molecule has 0 unspecified atom stereocenters. The summed E-state index contributed by atoms with van der Waals surface area (Å²) in [5.41, 5.74) is -0.679. The Morgan fingerprint density at radius 3 is 1.68 bits per heavy atom. The van der Waals surface area contributed by atoms with E-state index in [4.69, 9.17) is 0 Å². The molecule has 0 fully saturated rings. The number of carbonyl (C=O) groups excluding carboxylic acids is 2. The van der Waals surface area contributed by atoms with Crippen molar-refractivity contribution in [1.82, 2.24) is 0 Å². The molecule has 6 heteroatoms. The van der Waals surface area contributed by atoms with Crippen LogP contribution < -0.4 is 0 Å². The maximum absolute atomic E-state index is 12.2. The molecule has 0 heterocycles. The van der Waals surface area contributed by atoms with Crippen LogP contribution in [0, 0.1) is 22.0 Å². The van der Waals surface area contributed by atoms with Crippen LogP contribution >= 0.6 is 0 Å². The number of carbonyl (C=O) groups is 2. The van der Waals surface area contributed by atoms with Crippen LogP contribution in [0.3, 0.4) is 0 Å². The van der Waals surface area contributed by atoms with Gasteiger partial charge in [-0.15, -0.1) is 0 Å². The van der Waals surface area contributed by atoms with Crippen molar-refractivity contribution >= 4 is 17.3 Å². The fraction of sp³-hybridized carbons (Fsp3) is 0.500. The van der Waals surface area contributed by atoms with Gasteiger partial charge in [0.1, 0.15) is 5.75 Å². The molecule has 0 bridgehead atoms. The van der Waals surface area contributed by atoms with Gasteiger partial charge in [0.25, 0.3) is 5.69 Å². The lowest BCUT2D eigenvalue weighted by Crippen LogP contribution is -2.10. The third-order valence-corrected chi connectivity index (χ3v) is 3.09. The zero-order valence-corrected chi connectivity index (χ0v) is 13.3. The highest BCUT2D eigenvalue weighted by atomic mass is 16.6. The normalized spacial score (nSPS) is 11.0. The van der Waals surface area contributed by atoms with E-state index in [0.717, 1.165) is 12.1 Å². The van der Waals surface area contributed by atoms with Crippen LogP contribution in [0.1, 0.15) is 61.3 Å². The minimum Gasteiger partial charge on any atom is -0.506 e. The number of hydrogen-bond acceptors (Lipinski definition) is 5. The van der Waals surface area contributed by atoms with E-state index in [2.05, 4.69) is 0 Å². The molecule has 22 heavy (non-hydrogen) atoms. The van der Waals surface area contributed by atoms with Gasteiger partial charge in [-0.1, -0.05) is 27.7 Å². The number of nitrogens with zero attached hydrogens (tertiary/aromatic N) is 1. The largest absolute Gasteiger partial charge is 0.506 e. The summed E-state index contributed by atoms with van der Waals surface area (Å²) in [5, 5.41) is 21.2. The summed E-state index contributed by atoms with van der Waals surface area (Å²) in [6, 6.07) is 2.07. The molecule has 0 aliphatic carbocycles. The summed E-state index contributed by atoms with van der Waals surface area (Å²) in [5.74, 6) is -1.19. The molecule has 0 aromatic heterocycles. The molecule has 1 aromatic carbocycles. The Morgan fingerprint density at radius 1 is 1.05 bits per heavy atom. The minimum atomic E-state index is -0.669. The van der Waals surface area contributed by atoms with E-state index >= 15 is 0 Å². The van der Waals surface area contributed by atoms with Gasteiger partial charge in [0.2, 0.25) is 0 Å². The van der Waals surface area contributed by atoms with Gasteiger partial charge in [-0.2, -0.15) is 0 Å². The van der Waals surface area contributed by atoms with Crippen molar-refractivity contribution in [2.75, 3.05) is 0 Å². The van der Waals surface area contributed by atoms with Crippen LogP contribution in [0.25, 0.3) is 0 Å². The molecule has 120 valence electrons. The Bertz CT molecular complexity index is 562. The van der Waals surface area contributed by atoms with Gasteiger partial charge in [0.15, 0.2) is 11.6 Å². The Kier molecular flexibility index (Phi) is 5.79. The van der Waals surface area contributed by atoms with Crippen molar-refractivity contribution in [2.45, 2.75) is 40.5 Å². The molecule has 0 spiro atoms. The summed E-state index contributed by atoms with van der Waals surface area (Å²) >= 11 is 0. The Balaban J connectivity index is 3.38. The maximum atomic E-state index is 12.2. The van der Waals surface area contributed by atoms with E-state index in [1.54, 1.807) is 0 Å². The zero-order valence-electron chi connectivity index (χ0n) is 13.3. The van der Waals surface area contributed by atoms with Crippen molar-refractivity contribution in [1.29, 1.82) is 0 Å². The summed E-state index contributed by atoms with van der Waals surface area (Å²) in [7, 11) is 0. The van der Waals surface area contributed by atoms with E-state index in [-0.39, 0.29) is 41.5 Å². The third-order valence-electron chi connectivity index (χ3n) is 3.09. The molecule has 1 N–H and O–H groups in total. The van der Waals surface area contributed by atoms with E-state index in [1.165, 1.54) is 0 Å². The van der Waals surface area contributed by atoms with E-state index in [1.807, 2.05) is 27.7 Å². The van der Waals surface area contributed by atoms with Gasteiger partial charge >= 0.3 is 0 Å². The monoisotopic (exact) mass is 307 g/mol. The van der Waals surface area contributed by atoms with Gasteiger partial charge in [-0.05, 0) is 11.8 Å². The molecule has 0 saturated heterocycles. The van der Waals surface area contributed by atoms with Crippen molar-refractivity contribution in [3.63, 3.8) is 0 Å². The number of benzene rings is 1. The van der Waals surface area contributed by atoms with Crippen LogP contribution in [0.5, 0.6) is 5.75 Å². The first kappa shape index (κ1) is 17.8. The second-order valence-corrected chi connectivity index (χ2v) is 6.19. The highest BCUT2D eigenvalue weighted by Crippen LogP contribution is 2.31. The maximum Gasteiger partial charge on any atom is 0.271 e. The van der Waals surface area contributed by atoms with Crippen molar-refractivity contribution < 1.29 is 19.6 Å². The lowest BCUT2D eigenvalue weighted by atomic mass is 9.94. The van der Waals surface area contributed by atoms with Gasteiger partial charge in [-0.25, -0.2) is 0 Å². The number of aromatic hydroxyl groups is 1. The van der Waals surface area contributed by atoms with Crippen LogP contribution in [-0.4, -0.2) is 21.6 Å². The molecular formula is C16H21NO5. The van der Waals surface area contributed by atoms with Crippen molar-refractivity contribution in [2.24, 2.45) is 11.8 Å². The van der Waals surface area contributed by atoms with Crippen LogP contribution in [0.2, 0.25) is 0 Å². The van der Waals surface area contributed by atoms with Gasteiger partial charge in [0, 0.05) is 25.0 Å². The number of nitro groups is 1. The predicted molar refractivity (Wildman–Crippen MR) is 82.3 cm³/mol. The molecule has 6 nitrogen and oxygen atoms in total. The van der Waals surface area contributed by atoms with Crippen LogP contribution in [-0.2, 0) is 0 Å². The molecule has 0 amide bonds. The number of ketones is 2. The number of Topliss-reactive ketones (excluding diaryl/α,β-unsaturated/α-hetero) is 2. The summed E-state index contributed by atoms with van der Waals surface area (Å²) < 4.78 is 0. The highest BCUT2D eigenvalue weighted by Gasteiger charge is 2.24. The number of rotatable bonds is 7. The van der Waals surface area contributed by atoms with Crippen molar-refractivity contribution in [3.8, 4) is 5.75 Å². The molecule has 1 rings (SSSR count). The topological polar surface area (TPSA) is 97.5 Å². The van der Waals surface area contributed by atoms with Crippen molar-refractivity contribution in [3.05, 3.63) is 33.4 Å². The number of phenols is 1. The number of nitro benzene ring substituents is 1. The first-order chi connectivity index (χ1) is 10.1. The first-order valence-electron chi connectivity index (χ1n) is 7.21. The third kappa shape index (κ3) is 4.38. The van der Waals surface area contributed by atoms with Crippen LogP contribution in [0.4, 0.5) is 5.69 Å². The number of hydrogen-bond donors (Lipinski definition) is 1. The SMILES string of the molecule is CC(C)CC(=O)c1cc([N+](=O)[O-])cc(C(=O)CC(C)C)c1O. The average molecular weight is 307 g/mol.